The summed E-state index contributed by atoms with van der Waals surface area (Å²) in [6.07, 6.45) is 10.6. The van der Waals surface area contributed by atoms with Crippen LogP contribution in [0.25, 0.3) is 0 Å². The van der Waals surface area contributed by atoms with Crippen LogP contribution in [0.1, 0.15) is 71.1 Å². The van der Waals surface area contributed by atoms with Crippen molar-refractivity contribution in [1.29, 1.82) is 0 Å². The summed E-state index contributed by atoms with van der Waals surface area (Å²) in [6.45, 7) is 2.86. The Morgan fingerprint density at radius 2 is 1.65 bits per heavy atom. The maximum absolute atomic E-state index is 10.6. The molecule has 1 atom stereocenters. The van der Waals surface area contributed by atoms with Crippen molar-refractivity contribution in [2.75, 3.05) is 6.54 Å². The van der Waals surface area contributed by atoms with Gasteiger partial charge in [0.25, 0.3) is 0 Å². The van der Waals surface area contributed by atoms with E-state index in [4.69, 9.17) is 5.73 Å². The largest absolute Gasteiger partial charge is 0.550 e. The lowest BCUT2D eigenvalue weighted by Crippen LogP contribution is -2.25. The molecular weight excluding hydrogens is 214 g/mol. The van der Waals surface area contributed by atoms with Crippen molar-refractivity contribution in [2.45, 2.75) is 71.1 Å². The van der Waals surface area contributed by atoms with E-state index < -0.39 is 5.97 Å². The molecule has 0 fully saturated rings. The standard InChI is InChI=1S/C14H29NO2/c1-2-3-4-5-6-7-9-13(10-8-11-15)12-14(16)17/h13H,2-12,15H2,1H3,(H,16,17)/p-1. The minimum atomic E-state index is -0.919. The second-order valence-electron chi connectivity index (χ2n) is 4.93. The number of hydrogen-bond donors (Lipinski definition) is 1. The SMILES string of the molecule is CCCCCCCCC(CCCN)CC(=O)[O-]. The van der Waals surface area contributed by atoms with Gasteiger partial charge in [0.2, 0.25) is 0 Å². The van der Waals surface area contributed by atoms with Crippen molar-refractivity contribution >= 4 is 5.97 Å². The van der Waals surface area contributed by atoms with Gasteiger partial charge in [-0.05, 0) is 31.7 Å². The molecule has 0 heterocycles. The third-order valence-corrected chi connectivity index (χ3v) is 3.24. The highest BCUT2D eigenvalue weighted by Crippen LogP contribution is 2.19. The van der Waals surface area contributed by atoms with Crippen LogP contribution >= 0.6 is 0 Å². The Kier molecular flexibility index (Phi) is 11.5. The van der Waals surface area contributed by atoms with Crippen LogP contribution in [0, 0.1) is 5.92 Å². The zero-order valence-corrected chi connectivity index (χ0v) is 11.2. The molecule has 1 unspecified atom stereocenters. The zero-order valence-electron chi connectivity index (χ0n) is 11.2. The number of nitrogens with two attached hydrogens (primary N) is 1. The number of carbonyl (C=O) groups excluding carboxylic acids is 1. The predicted octanol–water partition coefficient (Wildman–Crippen LogP) is 2.23. The third kappa shape index (κ3) is 11.7. The number of rotatable bonds is 12. The highest BCUT2D eigenvalue weighted by atomic mass is 16.4. The van der Waals surface area contributed by atoms with Crippen molar-refractivity contribution in [1.82, 2.24) is 0 Å². The number of carbonyl (C=O) groups is 1. The fourth-order valence-corrected chi connectivity index (χ4v) is 2.20. The summed E-state index contributed by atoms with van der Waals surface area (Å²) in [5.41, 5.74) is 5.45. The molecule has 0 aromatic carbocycles. The Balaban J connectivity index is 3.56. The van der Waals surface area contributed by atoms with E-state index in [1.54, 1.807) is 0 Å². The van der Waals surface area contributed by atoms with Crippen LogP contribution in [0.5, 0.6) is 0 Å². The van der Waals surface area contributed by atoms with E-state index in [1.807, 2.05) is 0 Å². The molecule has 0 aliphatic carbocycles. The third-order valence-electron chi connectivity index (χ3n) is 3.24. The van der Waals surface area contributed by atoms with Crippen LogP contribution in [-0.4, -0.2) is 12.5 Å². The molecular formula is C14H28NO2-. The summed E-state index contributed by atoms with van der Waals surface area (Å²) >= 11 is 0. The molecule has 0 saturated heterocycles. The molecule has 0 amide bonds. The second-order valence-corrected chi connectivity index (χ2v) is 4.93. The van der Waals surface area contributed by atoms with E-state index in [0.29, 0.717) is 6.54 Å². The normalized spacial score (nSPS) is 12.6. The van der Waals surface area contributed by atoms with Crippen molar-refractivity contribution in [3.05, 3.63) is 0 Å². The first-order valence-corrected chi connectivity index (χ1v) is 7.10. The molecule has 0 rings (SSSR count). The van der Waals surface area contributed by atoms with Crippen molar-refractivity contribution < 1.29 is 9.90 Å². The zero-order chi connectivity index (χ0) is 12.9. The number of unbranched alkanes of at least 4 members (excludes halogenated alkanes) is 5. The van der Waals surface area contributed by atoms with Gasteiger partial charge < -0.3 is 15.6 Å². The van der Waals surface area contributed by atoms with Crippen molar-refractivity contribution in [2.24, 2.45) is 11.7 Å². The van der Waals surface area contributed by atoms with Crippen LogP contribution in [0.4, 0.5) is 0 Å². The lowest BCUT2D eigenvalue weighted by molar-refractivity contribution is -0.306. The van der Waals surface area contributed by atoms with Gasteiger partial charge in [-0.1, -0.05) is 51.9 Å². The highest BCUT2D eigenvalue weighted by molar-refractivity contribution is 5.64. The summed E-state index contributed by atoms with van der Waals surface area (Å²) in [5.74, 6) is -0.646. The van der Waals surface area contributed by atoms with E-state index >= 15 is 0 Å². The van der Waals surface area contributed by atoms with Gasteiger partial charge in [-0.2, -0.15) is 0 Å². The topological polar surface area (TPSA) is 66.2 Å². The van der Waals surface area contributed by atoms with E-state index in [9.17, 15) is 9.90 Å². The Bertz CT molecular complexity index is 183. The average molecular weight is 242 g/mol. The fraction of sp³-hybridized carbons (Fsp3) is 0.929. The quantitative estimate of drug-likeness (QED) is 0.534. The molecule has 0 bridgehead atoms. The summed E-state index contributed by atoms with van der Waals surface area (Å²) < 4.78 is 0. The first-order valence-electron chi connectivity index (χ1n) is 7.10. The first kappa shape index (κ1) is 16.4. The molecule has 0 saturated carbocycles. The van der Waals surface area contributed by atoms with Crippen LogP contribution in [0.3, 0.4) is 0 Å². The van der Waals surface area contributed by atoms with Crippen molar-refractivity contribution in [3.63, 3.8) is 0 Å². The summed E-state index contributed by atoms with van der Waals surface area (Å²) in [6, 6.07) is 0. The smallest absolute Gasteiger partial charge is 0.0417 e. The van der Waals surface area contributed by atoms with Gasteiger partial charge in [0.05, 0.1) is 0 Å². The minimum absolute atomic E-state index is 0.203. The van der Waals surface area contributed by atoms with Crippen LogP contribution in [-0.2, 0) is 4.79 Å². The molecule has 0 aromatic rings. The summed E-state index contributed by atoms with van der Waals surface area (Å²) in [4.78, 5) is 10.6. The molecule has 17 heavy (non-hydrogen) atoms. The number of carboxylic acids is 1. The maximum Gasteiger partial charge on any atom is 0.0417 e. The molecule has 2 N–H and O–H groups in total. The summed E-state index contributed by atoms with van der Waals surface area (Å²) in [7, 11) is 0. The number of hydrogen-bond acceptors (Lipinski definition) is 3. The minimum Gasteiger partial charge on any atom is -0.550 e. The Labute approximate surface area is 106 Å². The number of carboxylic acid groups (broad SMARTS) is 1. The Morgan fingerprint density at radius 3 is 2.24 bits per heavy atom. The molecule has 0 spiro atoms. The van der Waals surface area contributed by atoms with E-state index in [2.05, 4.69) is 6.92 Å². The fourth-order valence-electron chi connectivity index (χ4n) is 2.20. The van der Waals surface area contributed by atoms with E-state index in [0.717, 1.165) is 25.7 Å². The lowest BCUT2D eigenvalue weighted by atomic mass is 9.93. The number of aliphatic carboxylic acids is 1. The Hall–Kier alpha value is -0.570. The van der Waals surface area contributed by atoms with Gasteiger partial charge >= 0.3 is 0 Å². The van der Waals surface area contributed by atoms with Gasteiger partial charge in [0.1, 0.15) is 0 Å². The molecule has 0 aliphatic rings. The maximum atomic E-state index is 10.6. The van der Waals surface area contributed by atoms with Gasteiger partial charge in [0, 0.05) is 5.97 Å². The van der Waals surface area contributed by atoms with Gasteiger partial charge in [-0.15, -0.1) is 0 Å². The molecule has 102 valence electrons. The summed E-state index contributed by atoms with van der Waals surface area (Å²) in [5, 5.41) is 10.6. The molecule has 0 aromatic heterocycles. The highest BCUT2D eigenvalue weighted by Gasteiger charge is 2.08. The van der Waals surface area contributed by atoms with Crippen LogP contribution in [0.15, 0.2) is 0 Å². The molecule has 0 radical (unpaired) electrons. The van der Waals surface area contributed by atoms with Crippen LogP contribution in [0.2, 0.25) is 0 Å². The van der Waals surface area contributed by atoms with Crippen molar-refractivity contribution in [3.8, 4) is 0 Å². The van der Waals surface area contributed by atoms with E-state index in [1.165, 1.54) is 32.1 Å². The first-order chi connectivity index (χ1) is 8.20. The van der Waals surface area contributed by atoms with E-state index in [-0.39, 0.29) is 12.3 Å². The molecule has 3 nitrogen and oxygen atoms in total. The van der Waals surface area contributed by atoms with Gasteiger partial charge in [-0.25, -0.2) is 0 Å². The monoisotopic (exact) mass is 242 g/mol. The van der Waals surface area contributed by atoms with Crippen LogP contribution < -0.4 is 10.8 Å². The lowest BCUT2D eigenvalue weighted by Gasteiger charge is -2.16. The Morgan fingerprint density at radius 1 is 1.06 bits per heavy atom. The molecule has 0 aliphatic heterocycles. The predicted molar refractivity (Wildman–Crippen MR) is 69.4 cm³/mol. The van der Waals surface area contributed by atoms with Gasteiger partial charge in [-0.3, -0.25) is 0 Å². The van der Waals surface area contributed by atoms with Gasteiger partial charge in [0.15, 0.2) is 0 Å². The molecule has 3 heteroatoms. The average Bonchev–Trinajstić information content (AvgIpc) is 2.29. The second kappa shape index (κ2) is 11.9.